The van der Waals surface area contributed by atoms with Crippen LogP contribution in [0, 0.1) is 0 Å². The first-order chi connectivity index (χ1) is 7.75. The van der Waals surface area contributed by atoms with E-state index in [1.165, 1.54) is 13.0 Å². The Balaban J connectivity index is 1.59. The third-order valence-corrected chi connectivity index (χ3v) is 3.36. The predicted octanol–water partition coefficient (Wildman–Crippen LogP) is 0.350. The van der Waals surface area contributed by atoms with Crippen molar-refractivity contribution in [2.45, 2.75) is 38.4 Å². The smallest absolute Gasteiger partial charge is 0.0692 e. The zero-order valence-corrected chi connectivity index (χ0v) is 10.1. The highest BCUT2D eigenvalue weighted by molar-refractivity contribution is 4.84. The molecule has 0 amide bonds. The molecule has 0 aromatic carbocycles. The van der Waals surface area contributed by atoms with Gasteiger partial charge in [0.25, 0.3) is 0 Å². The highest BCUT2D eigenvalue weighted by Crippen LogP contribution is 2.14. The van der Waals surface area contributed by atoms with Gasteiger partial charge in [-0.3, -0.25) is 4.68 Å². The Kier molecular flexibility index (Phi) is 3.90. The van der Waals surface area contributed by atoms with Crippen LogP contribution in [0.5, 0.6) is 0 Å². The fourth-order valence-electron chi connectivity index (χ4n) is 2.24. The van der Waals surface area contributed by atoms with Gasteiger partial charge < -0.3 is 10.2 Å². The summed E-state index contributed by atoms with van der Waals surface area (Å²) < 4.78 is 1.88. The van der Waals surface area contributed by atoms with Crippen LogP contribution in [0.4, 0.5) is 0 Å². The van der Waals surface area contributed by atoms with Crippen molar-refractivity contribution in [3.63, 3.8) is 0 Å². The third kappa shape index (κ3) is 3.02. The summed E-state index contributed by atoms with van der Waals surface area (Å²) >= 11 is 0. The molecule has 1 aromatic rings. The average molecular weight is 223 g/mol. The molecule has 1 saturated heterocycles. The van der Waals surface area contributed by atoms with Crippen LogP contribution in [-0.2, 0) is 6.54 Å². The molecule has 16 heavy (non-hydrogen) atoms. The van der Waals surface area contributed by atoms with Gasteiger partial charge in [0, 0.05) is 31.4 Å². The van der Waals surface area contributed by atoms with E-state index in [9.17, 15) is 0 Å². The minimum Gasteiger partial charge on any atom is -0.313 e. The van der Waals surface area contributed by atoms with Crippen molar-refractivity contribution in [3.8, 4) is 0 Å². The third-order valence-electron chi connectivity index (χ3n) is 3.36. The van der Waals surface area contributed by atoms with E-state index in [4.69, 9.17) is 0 Å². The molecule has 1 aliphatic heterocycles. The van der Waals surface area contributed by atoms with Gasteiger partial charge >= 0.3 is 0 Å². The first kappa shape index (κ1) is 11.5. The molecule has 1 aliphatic rings. The first-order valence-electron chi connectivity index (χ1n) is 6.03. The summed E-state index contributed by atoms with van der Waals surface area (Å²) in [6.07, 6.45) is 6.00. The number of rotatable bonds is 5. The second-order valence-corrected chi connectivity index (χ2v) is 4.70. The van der Waals surface area contributed by atoms with Crippen LogP contribution in [0.25, 0.3) is 0 Å². The summed E-state index contributed by atoms with van der Waals surface area (Å²) in [5, 5.41) is 11.3. The second kappa shape index (κ2) is 5.41. The van der Waals surface area contributed by atoms with Crippen molar-refractivity contribution in [2.24, 2.45) is 0 Å². The lowest BCUT2D eigenvalue weighted by Crippen LogP contribution is -2.32. The van der Waals surface area contributed by atoms with Crippen LogP contribution in [-0.4, -0.2) is 52.1 Å². The number of aromatic nitrogens is 3. The number of likely N-dealkylation sites (N-methyl/N-ethyl adjacent to an activating group) is 1. The quantitative estimate of drug-likeness (QED) is 0.732. The zero-order chi connectivity index (χ0) is 11.4. The Morgan fingerprint density at radius 3 is 3.00 bits per heavy atom. The highest BCUT2D eigenvalue weighted by Gasteiger charge is 2.24. The molecule has 2 rings (SSSR count). The summed E-state index contributed by atoms with van der Waals surface area (Å²) in [6, 6.07) is 1.38. The minimum atomic E-state index is 0.663. The lowest BCUT2D eigenvalue weighted by Gasteiger charge is -2.13. The second-order valence-electron chi connectivity index (χ2n) is 4.70. The molecule has 0 bridgehead atoms. The molecule has 1 fully saturated rings. The largest absolute Gasteiger partial charge is 0.313 e. The Bertz CT molecular complexity index is 287. The number of hydrogen-bond acceptors (Lipinski definition) is 4. The summed E-state index contributed by atoms with van der Waals surface area (Å²) in [4.78, 5) is 2.41. The number of hydrogen-bond donors (Lipinski definition) is 1. The van der Waals surface area contributed by atoms with Crippen LogP contribution in [0.1, 0.15) is 19.8 Å². The van der Waals surface area contributed by atoms with Crippen LogP contribution in [0.15, 0.2) is 12.4 Å². The fourth-order valence-corrected chi connectivity index (χ4v) is 2.24. The molecule has 0 radical (unpaired) electrons. The van der Waals surface area contributed by atoms with E-state index >= 15 is 0 Å². The van der Waals surface area contributed by atoms with Crippen LogP contribution >= 0.6 is 0 Å². The van der Waals surface area contributed by atoms with E-state index in [1.54, 1.807) is 6.20 Å². The Morgan fingerprint density at radius 1 is 1.50 bits per heavy atom. The van der Waals surface area contributed by atoms with E-state index in [2.05, 4.69) is 34.5 Å². The predicted molar refractivity (Wildman–Crippen MR) is 63.1 cm³/mol. The van der Waals surface area contributed by atoms with Crippen molar-refractivity contribution in [1.29, 1.82) is 0 Å². The maximum Gasteiger partial charge on any atom is 0.0692 e. The lowest BCUT2D eigenvalue weighted by atomic mass is 10.2. The maximum atomic E-state index is 3.94. The van der Waals surface area contributed by atoms with Gasteiger partial charge in [-0.1, -0.05) is 5.21 Å². The Labute approximate surface area is 96.8 Å². The standard InChI is InChI=1S/C11H21N5/c1-10-8-11(9-15(10)2)12-4-3-6-16-7-5-13-14-16/h5,7,10-12H,3-4,6,8-9H2,1-2H3. The molecule has 90 valence electrons. The number of likely N-dealkylation sites (tertiary alicyclic amines) is 1. The average Bonchev–Trinajstić information content (AvgIpc) is 2.85. The molecule has 5 heteroatoms. The van der Waals surface area contributed by atoms with Gasteiger partial charge in [-0.05, 0) is 33.4 Å². The number of nitrogens with one attached hydrogen (secondary N) is 1. The minimum absolute atomic E-state index is 0.663. The SMILES string of the molecule is CC1CC(NCCCn2ccnn2)CN1C. The summed E-state index contributed by atoms with van der Waals surface area (Å²) in [6.45, 7) is 5.47. The molecule has 2 atom stereocenters. The monoisotopic (exact) mass is 223 g/mol. The van der Waals surface area contributed by atoms with Crippen molar-refractivity contribution in [3.05, 3.63) is 12.4 Å². The van der Waals surface area contributed by atoms with Crippen molar-refractivity contribution >= 4 is 0 Å². The van der Waals surface area contributed by atoms with Crippen LogP contribution in [0.2, 0.25) is 0 Å². The molecular weight excluding hydrogens is 202 g/mol. The van der Waals surface area contributed by atoms with Crippen LogP contribution < -0.4 is 5.32 Å². The summed E-state index contributed by atoms with van der Waals surface area (Å²) in [5.74, 6) is 0. The van der Waals surface area contributed by atoms with E-state index < -0.39 is 0 Å². The normalized spacial score (nSPS) is 26.4. The highest BCUT2D eigenvalue weighted by atomic mass is 15.4. The van der Waals surface area contributed by atoms with Crippen molar-refractivity contribution in [1.82, 2.24) is 25.2 Å². The Hall–Kier alpha value is -0.940. The first-order valence-corrected chi connectivity index (χ1v) is 6.03. The Morgan fingerprint density at radius 2 is 2.38 bits per heavy atom. The topological polar surface area (TPSA) is 46.0 Å². The van der Waals surface area contributed by atoms with Gasteiger partial charge in [-0.25, -0.2) is 0 Å². The fraction of sp³-hybridized carbons (Fsp3) is 0.818. The molecule has 2 unspecified atom stereocenters. The molecule has 0 saturated carbocycles. The van der Waals surface area contributed by atoms with E-state index in [1.807, 2.05) is 10.9 Å². The van der Waals surface area contributed by atoms with Crippen molar-refractivity contribution < 1.29 is 0 Å². The number of nitrogens with zero attached hydrogens (tertiary/aromatic N) is 4. The summed E-state index contributed by atoms with van der Waals surface area (Å²) in [7, 11) is 2.20. The van der Waals surface area contributed by atoms with Gasteiger partial charge in [0.05, 0.1) is 6.20 Å². The van der Waals surface area contributed by atoms with Gasteiger partial charge in [-0.15, -0.1) is 5.10 Å². The zero-order valence-electron chi connectivity index (χ0n) is 10.1. The summed E-state index contributed by atoms with van der Waals surface area (Å²) in [5.41, 5.74) is 0. The van der Waals surface area contributed by atoms with Gasteiger partial charge in [0.2, 0.25) is 0 Å². The van der Waals surface area contributed by atoms with E-state index in [0.29, 0.717) is 12.1 Å². The molecule has 2 heterocycles. The molecule has 5 nitrogen and oxygen atoms in total. The van der Waals surface area contributed by atoms with Gasteiger partial charge in [0.1, 0.15) is 0 Å². The number of aryl methyl sites for hydroxylation is 1. The van der Waals surface area contributed by atoms with Gasteiger partial charge in [-0.2, -0.15) is 0 Å². The molecular formula is C11H21N5. The lowest BCUT2D eigenvalue weighted by molar-refractivity contribution is 0.326. The van der Waals surface area contributed by atoms with Gasteiger partial charge in [0.15, 0.2) is 0 Å². The van der Waals surface area contributed by atoms with E-state index in [-0.39, 0.29) is 0 Å². The molecule has 0 aliphatic carbocycles. The van der Waals surface area contributed by atoms with E-state index in [0.717, 1.165) is 19.5 Å². The molecule has 1 aromatic heterocycles. The molecule has 1 N–H and O–H groups in total. The van der Waals surface area contributed by atoms with Crippen molar-refractivity contribution in [2.75, 3.05) is 20.1 Å². The maximum absolute atomic E-state index is 3.94. The molecule has 0 spiro atoms. The van der Waals surface area contributed by atoms with Crippen LogP contribution in [0.3, 0.4) is 0 Å².